The molecule has 2 aliphatic heterocycles. The summed E-state index contributed by atoms with van der Waals surface area (Å²) in [4.78, 5) is 19.2. The molecule has 1 aromatic heterocycles. The Kier molecular flexibility index (Phi) is 4.21. The van der Waals surface area contributed by atoms with Crippen molar-refractivity contribution in [2.75, 3.05) is 26.3 Å². The van der Waals surface area contributed by atoms with E-state index in [2.05, 4.69) is 30.9 Å². The van der Waals surface area contributed by atoms with Gasteiger partial charge in [-0.1, -0.05) is 25.9 Å². The van der Waals surface area contributed by atoms with Gasteiger partial charge in [0.15, 0.2) is 5.82 Å². The van der Waals surface area contributed by atoms with Crippen LogP contribution in [0.2, 0.25) is 0 Å². The van der Waals surface area contributed by atoms with Crippen LogP contribution in [0.25, 0.3) is 0 Å². The first kappa shape index (κ1) is 16.4. The predicted molar refractivity (Wildman–Crippen MR) is 84.9 cm³/mol. The largest absolute Gasteiger partial charge is 0.381 e. The van der Waals surface area contributed by atoms with Crippen molar-refractivity contribution in [2.24, 2.45) is 10.8 Å². The van der Waals surface area contributed by atoms with Crippen molar-refractivity contribution in [3.8, 4) is 0 Å². The number of carbonyl (C=O) groups is 1. The van der Waals surface area contributed by atoms with Gasteiger partial charge in [0.05, 0.1) is 5.92 Å². The molecule has 0 bridgehead atoms. The Balaban J connectivity index is 1.83. The highest BCUT2D eigenvalue weighted by molar-refractivity contribution is 5.77. The first-order valence-electron chi connectivity index (χ1n) is 8.45. The van der Waals surface area contributed by atoms with E-state index in [-0.39, 0.29) is 22.7 Å². The molecule has 3 rings (SSSR count). The van der Waals surface area contributed by atoms with E-state index in [1.54, 1.807) is 0 Å². The zero-order chi connectivity index (χ0) is 16.7. The molecule has 0 aliphatic carbocycles. The van der Waals surface area contributed by atoms with Crippen LogP contribution in [0.5, 0.6) is 0 Å². The average molecular weight is 321 g/mol. The van der Waals surface area contributed by atoms with Crippen LogP contribution in [0.3, 0.4) is 0 Å². The molecule has 3 heterocycles. The topological polar surface area (TPSA) is 68.5 Å². The summed E-state index contributed by atoms with van der Waals surface area (Å²) >= 11 is 0. The highest BCUT2D eigenvalue weighted by Gasteiger charge is 2.51. The molecule has 6 heteroatoms. The lowest BCUT2D eigenvalue weighted by atomic mass is 9.72. The number of ether oxygens (including phenoxy) is 1. The average Bonchev–Trinajstić information content (AvgIpc) is 3.02. The Bertz CT molecular complexity index is 570. The van der Waals surface area contributed by atoms with Crippen LogP contribution >= 0.6 is 0 Å². The highest BCUT2D eigenvalue weighted by Crippen LogP contribution is 2.49. The first-order valence-corrected chi connectivity index (χ1v) is 8.45. The van der Waals surface area contributed by atoms with E-state index in [1.807, 2.05) is 11.8 Å². The molecular weight excluding hydrogens is 294 g/mol. The van der Waals surface area contributed by atoms with Crippen molar-refractivity contribution >= 4 is 5.91 Å². The second-order valence-electron chi connectivity index (χ2n) is 8.22. The second kappa shape index (κ2) is 5.89. The maximum Gasteiger partial charge on any atom is 0.232 e. The van der Waals surface area contributed by atoms with Gasteiger partial charge in [-0.05, 0) is 25.2 Å². The lowest BCUT2D eigenvalue weighted by Gasteiger charge is -2.36. The zero-order valence-corrected chi connectivity index (χ0v) is 14.6. The number of hydrogen-bond donors (Lipinski definition) is 0. The van der Waals surface area contributed by atoms with E-state index in [9.17, 15) is 4.79 Å². The summed E-state index contributed by atoms with van der Waals surface area (Å²) in [5.41, 5.74) is 0.0177. The standard InChI is InChI=1S/C17H27N3O3/c1-12-18-15(23-19-12)13-10-20(14(21)9-16(2,3)4)11-17(13)5-7-22-8-6-17/h13H,5-11H2,1-4H3. The molecule has 2 fully saturated rings. The van der Waals surface area contributed by atoms with Gasteiger partial charge in [-0.25, -0.2) is 0 Å². The summed E-state index contributed by atoms with van der Waals surface area (Å²) in [5, 5.41) is 3.95. The van der Waals surface area contributed by atoms with Crippen molar-refractivity contribution in [3.63, 3.8) is 0 Å². The molecule has 1 spiro atoms. The molecule has 0 radical (unpaired) electrons. The van der Waals surface area contributed by atoms with E-state index < -0.39 is 0 Å². The quantitative estimate of drug-likeness (QED) is 0.837. The minimum atomic E-state index is -0.000908. The Morgan fingerprint density at radius 1 is 1.35 bits per heavy atom. The number of aryl methyl sites for hydroxylation is 1. The molecule has 1 atom stereocenters. The smallest absolute Gasteiger partial charge is 0.232 e. The van der Waals surface area contributed by atoms with Crippen LogP contribution in [0.4, 0.5) is 0 Å². The lowest BCUT2D eigenvalue weighted by molar-refractivity contribution is -0.132. The van der Waals surface area contributed by atoms with E-state index >= 15 is 0 Å². The third-order valence-electron chi connectivity index (χ3n) is 5.01. The summed E-state index contributed by atoms with van der Waals surface area (Å²) in [6.07, 6.45) is 2.45. The van der Waals surface area contributed by atoms with Gasteiger partial charge in [-0.3, -0.25) is 4.79 Å². The van der Waals surface area contributed by atoms with Gasteiger partial charge in [0.1, 0.15) is 0 Å². The SMILES string of the molecule is Cc1noc(C2CN(C(=O)CC(C)(C)C)CC23CCOCC3)n1. The minimum absolute atomic E-state index is 0.000908. The fraction of sp³-hybridized carbons (Fsp3) is 0.824. The molecule has 6 nitrogen and oxygen atoms in total. The number of hydrogen-bond acceptors (Lipinski definition) is 5. The normalized spacial score (nSPS) is 24.3. The molecule has 128 valence electrons. The highest BCUT2D eigenvalue weighted by atomic mass is 16.5. The molecule has 0 N–H and O–H groups in total. The van der Waals surface area contributed by atoms with Gasteiger partial charge in [0, 0.05) is 38.1 Å². The third-order valence-corrected chi connectivity index (χ3v) is 5.01. The Morgan fingerprint density at radius 3 is 2.61 bits per heavy atom. The summed E-state index contributed by atoms with van der Waals surface area (Å²) in [5.74, 6) is 1.68. The first-order chi connectivity index (χ1) is 10.8. The maximum absolute atomic E-state index is 12.7. The number of amides is 1. The van der Waals surface area contributed by atoms with Crippen LogP contribution in [0.15, 0.2) is 4.52 Å². The van der Waals surface area contributed by atoms with E-state index in [0.717, 1.165) is 32.6 Å². The fourth-order valence-electron chi connectivity index (χ4n) is 3.80. The minimum Gasteiger partial charge on any atom is -0.381 e. The van der Waals surface area contributed by atoms with Gasteiger partial charge in [0.25, 0.3) is 0 Å². The number of nitrogens with zero attached hydrogens (tertiary/aromatic N) is 3. The molecule has 23 heavy (non-hydrogen) atoms. The summed E-state index contributed by atoms with van der Waals surface area (Å²) < 4.78 is 11.0. The summed E-state index contributed by atoms with van der Waals surface area (Å²) in [7, 11) is 0. The van der Waals surface area contributed by atoms with Crippen LogP contribution in [0.1, 0.15) is 57.7 Å². The number of aromatic nitrogens is 2. The van der Waals surface area contributed by atoms with Gasteiger partial charge in [-0.2, -0.15) is 4.98 Å². The molecule has 1 unspecified atom stereocenters. The van der Waals surface area contributed by atoms with Crippen LogP contribution in [-0.4, -0.2) is 47.3 Å². The number of likely N-dealkylation sites (tertiary alicyclic amines) is 1. The zero-order valence-electron chi connectivity index (χ0n) is 14.6. The summed E-state index contributed by atoms with van der Waals surface area (Å²) in [6.45, 7) is 11.1. The van der Waals surface area contributed by atoms with Gasteiger partial charge in [0.2, 0.25) is 11.8 Å². The van der Waals surface area contributed by atoms with Gasteiger partial charge >= 0.3 is 0 Å². The maximum atomic E-state index is 12.7. The van der Waals surface area contributed by atoms with Crippen molar-refractivity contribution in [3.05, 3.63) is 11.7 Å². The predicted octanol–water partition coefficient (Wildman–Crippen LogP) is 2.54. The summed E-state index contributed by atoms with van der Waals surface area (Å²) in [6, 6.07) is 0. The second-order valence-corrected chi connectivity index (χ2v) is 8.22. The van der Waals surface area contributed by atoms with Crippen LogP contribution in [-0.2, 0) is 9.53 Å². The molecule has 2 saturated heterocycles. The lowest BCUT2D eigenvalue weighted by Crippen LogP contribution is -2.38. The Morgan fingerprint density at radius 2 is 2.04 bits per heavy atom. The van der Waals surface area contributed by atoms with Crippen LogP contribution in [0, 0.1) is 17.8 Å². The van der Waals surface area contributed by atoms with Gasteiger partial charge in [-0.15, -0.1) is 0 Å². The monoisotopic (exact) mass is 321 g/mol. The van der Waals surface area contributed by atoms with E-state index in [1.165, 1.54) is 0 Å². The van der Waals surface area contributed by atoms with Gasteiger partial charge < -0.3 is 14.2 Å². The van der Waals surface area contributed by atoms with E-state index in [0.29, 0.717) is 24.7 Å². The van der Waals surface area contributed by atoms with Crippen LogP contribution < -0.4 is 0 Å². The molecular formula is C17H27N3O3. The fourth-order valence-corrected chi connectivity index (χ4v) is 3.80. The molecule has 2 aliphatic rings. The molecule has 1 amide bonds. The molecule has 0 saturated carbocycles. The molecule has 0 aromatic carbocycles. The van der Waals surface area contributed by atoms with Crippen molar-refractivity contribution < 1.29 is 14.1 Å². The van der Waals surface area contributed by atoms with Crippen molar-refractivity contribution in [1.29, 1.82) is 0 Å². The van der Waals surface area contributed by atoms with E-state index in [4.69, 9.17) is 9.26 Å². The number of carbonyl (C=O) groups excluding carboxylic acids is 1. The third kappa shape index (κ3) is 3.42. The Labute approximate surface area is 137 Å². The number of rotatable bonds is 2. The molecule has 1 aromatic rings. The Hall–Kier alpha value is -1.43. The van der Waals surface area contributed by atoms with Crippen molar-refractivity contribution in [2.45, 2.75) is 52.9 Å². The van der Waals surface area contributed by atoms with Crippen molar-refractivity contribution in [1.82, 2.24) is 15.0 Å².